The van der Waals surface area contributed by atoms with Gasteiger partial charge < -0.3 is 5.73 Å². The van der Waals surface area contributed by atoms with Gasteiger partial charge in [0.05, 0.1) is 18.3 Å². The molecule has 0 saturated heterocycles. The molecule has 2 N–H and O–H groups in total. The topological polar surface area (TPSA) is 43.8 Å². The molecule has 3 aromatic rings. The van der Waals surface area contributed by atoms with E-state index in [2.05, 4.69) is 33.2 Å². The molecule has 0 amide bonds. The maximum Gasteiger partial charge on any atom is 0.0687 e. The van der Waals surface area contributed by atoms with Crippen molar-refractivity contribution in [3.8, 4) is 0 Å². The van der Waals surface area contributed by atoms with Crippen molar-refractivity contribution in [2.24, 2.45) is 0 Å². The summed E-state index contributed by atoms with van der Waals surface area (Å²) in [6.45, 7) is 0.765. The van der Waals surface area contributed by atoms with Crippen LogP contribution in [0, 0.1) is 0 Å². The molecule has 0 aliphatic heterocycles. The van der Waals surface area contributed by atoms with Crippen molar-refractivity contribution in [3.63, 3.8) is 0 Å². The summed E-state index contributed by atoms with van der Waals surface area (Å²) in [5, 5.41) is 5.48. The third-order valence-corrected chi connectivity index (χ3v) is 3.44. The van der Waals surface area contributed by atoms with E-state index in [-0.39, 0.29) is 0 Å². The van der Waals surface area contributed by atoms with Crippen LogP contribution in [0.2, 0.25) is 0 Å². The average Bonchev–Trinajstić information content (AvgIpc) is 2.74. The Labute approximate surface area is 113 Å². The minimum Gasteiger partial charge on any atom is -0.399 e. The number of fused-ring (bicyclic) bond motifs is 1. The molecule has 0 saturated carbocycles. The Morgan fingerprint density at radius 1 is 1.11 bits per heavy atom. The lowest BCUT2D eigenvalue weighted by atomic mass is 10.2. The number of aromatic nitrogens is 2. The van der Waals surface area contributed by atoms with Gasteiger partial charge in [0.2, 0.25) is 0 Å². The summed E-state index contributed by atoms with van der Waals surface area (Å²) >= 11 is 3.43. The zero-order chi connectivity index (χ0) is 12.5. The molecule has 0 radical (unpaired) electrons. The van der Waals surface area contributed by atoms with Gasteiger partial charge in [-0.25, -0.2) is 0 Å². The molecule has 0 aliphatic carbocycles. The summed E-state index contributed by atoms with van der Waals surface area (Å²) in [4.78, 5) is 0. The van der Waals surface area contributed by atoms with Crippen LogP contribution < -0.4 is 5.73 Å². The van der Waals surface area contributed by atoms with Crippen LogP contribution in [0.3, 0.4) is 0 Å². The zero-order valence-corrected chi connectivity index (χ0v) is 11.3. The van der Waals surface area contributed by atoms with Gasteiger partial charge in [0.15, 0.2) is 0 Å². The van der Waals surface area contributed by atoms with Gasteiger partial charge in [-0.15, -0.1) is 0 Å². The standard InChI is InChI=1S/C14H12BrN3/c15-12-3-1-10(2-4-12)9-18-14-6-5-13(16)7-11(14)8-17-18/h1-8H,9,16H2. The van der Waals surface area contributed by atoms with Crippen molar-refractivity contribution in [1.29, 1.82) is 0 Å². The first kappa shape index (κ1) is 11.3. The third kappa shape index (κ3) is 2.11. The Bertz CT molecular complexity index is 686. The maximum atomic E-state index is 5.76. The smallest absolute Gasteiger partial charge is 0.0687 e. The van der Waals surface area contributed by atoms with Crippen molar-refractivity contribution in [2.45, 2.75) is 6.54 Å². The predicted molar refractivity (Wildman–Crippen MR) is 77.4 cm³/mol. The Hall–Kier alpha value is -1.81. The summed E-state index contributed by atoms with van der Waals surface area (Å²) in [6.07, 6.45) is 1.85. The first-order valence-corrected chi connectivity index (χ1v) is 6.47. The van der Waals surface area contributed by atoms with Crippen molar-refractivity contribution < 1.29 is 0 Å². The number of rotatable bonds is 2. The molecule has 4 heteroatoms. The van der Waals surface area contributed by atoms with Gasteiger partial charge in [-0.05, 0) is 35.9 Å². The Morgan fingerprint density at radius 2 is 1.89 bits per heavy atom. The second-order valence-electron chi connectivity index (χ2n) is 4.25. The van der Waals surface area contributed by atoms with Gasteiger partial charge in [-0.1, -0.05) is 28.1 Å². The summed E-state index contributed by atoms with van der Waals surface area (Å²) in [7, 11) is 0. The number of benzene rings is 2. The molecule has 0 bridgehead atoms. The van der Waals surface area contributed by atoms with Gasteiger partial charge in [-0.2, -0.15) is 5.10 Å². The van der Waals surface area contributed by atoms with E-state index >= 15 is 0 Å². The lowest BCUT2D eigenvalue weighted by molar-refractivity contribution is 0.712. The summed E-state index contributed by atoms with van der Waals surface area (Å²) in [6, 6.07) is 14.1. The van der Waals surface area contributed by atoms with Gasteiger partial charge in [0.1, 0.15) is 0 Å². The minimum atomic E-state index is 0.765. The third-order valence-electron chi connectivity index (χ3n) is 2.91. The number of hydrogen-bond donors (Lipinski definition) is 1. The highest BCUT2D eigenvalue weighted by Crippen LogP contribution is 2.18. The van der Waals surface area contributed by atoms with Gasteiger partial charge in [0, 0.05) is 15.5 Å². The van der Waals surface area contributed by atoms with Crippen molar-refractivity contribution in [1.82, 2.24) is 9.78 Å². The number of anilines is 1. The fraction of sp³-hybridized carbons (Fsp3) is 0.0714. The van der Waals surface area contributed by atoms with Crippen LogP contribution in [0.15, 0.2) is 53.1 Å². The van der Waals surface area contributed by atoms with Crippen LogP contribution in [-0.2, 0) is 6.54 Å². The van der Waals surface area contributed by atoms with Crippen LogP contribution in [0.5, 0.6) is 0 Å². The van der Waals surface area contributed by atoms with Crippen LogP contribution in [0.1, 0.15) is 5.56 Å². The molecule has 90 valence electrons. The Morgan fingerprint density at radius 3 is 2.67 bits per heavy atom. The molecular weight excluding hydrogens is 290 g/mol. The largest absolute Gasteiger partial charge is 0.399 e. The molecule has 0 spiro atoms. The molecular formula is C14H12BrN3. The van der Waals surface area contributed by atoms with E-state index in [0.717, 1.165) is 27.6 Å². The van der Waals surface area contributed by atoms with E-state index in [1.165, 1.54) is 5.56 Å². The second-order valence-corrected chi connectivity index (χ2v) is 5.16. The van der Waals surface area contributed by atoms with Gasteiger partial charge in [-0.3, -0.25) is 4.68 Å². The molecule has 3 nitrogen and oxygen atoms in total. The van der Waals surface area contributed by atoms with Crippen LogP contribution in [0.25, 0.3) is 10.9 Å². The Kier molecular flexibility index (Phi) is 2.80. The van der Waals surface area contributed by atoms with Gasteiger partial charge >= 0.3 is 0 Å². The minimum absolute atomic E-state index is 0.765. The fourth-order valence-corrected chi connectivity index (χ4v) is 2.26. The lowest BCUT2D eigenvalue weighted by Gasteiger charge is -2.04. The first-order chi connectivity index (χ1) is 8.72. The molecule has 0 atom stereocenters. The average molecular weight is 302 g/mol. The van der Waals surface area contributed by atoms with E-state index < -0.39 is 0 Å². The van der Waals surface area contributed by atoms with Crippen molar-refractivity contribution >= 4 is 32.5 Å². The normalized spacial score (nSPS) is 10.9. The second kappa shape index (κ2) is 4.46. The molecule has 1 aromatic heterocycles. The maximum absolute atomic E-state index is 5.76. The number of nitrogens with zero attached hydrogens (tertiary/aromatic N) is 2. The molecule has 0 aliphatic rings. The zero-order valence-electron chi connectivity index (χ0n) is 9.68. The van der Waals surface area contributed by atoms with Crippen LogP contribution >= 0.6 is 15.9 Å². The number of nitrogens with two attached hydrogens (primary N) is 1. The van der Waals surface area contributed by atoms with E-state index in [0.29, 0.717) is 0 Å². The molecule has 0 unspecified atom stereocenters. The molecule has 18 heavy (non-hydrogen) atoms. The number of hydrogen-bond acceptors (Lipinski definition) is 2. The highest BCUT2D eigenvalue weighted by atomic mass is 79.9. The fourth-order valence-electron chi connectivity index (χ4n) is 1.99. The molecule has 3 rings (SSSR count). The molecule has 2 aromatic carbocycles. The van der Waals surface area contributed by atoms with E-state index in [4.69, 9.17) is 5.73 Å². The molecule has 1 heterocycles. The monoisotopic (exact) mass is 301 g/mol. The number of halogens is 1. The molecule has 0 fully saturated rings. The summed E-state index contributed by atoms with van der Waals surface area (Å²) in [5.74, 6) is 0. The first-order valence-electron chi connectivity index (χ1n) is 5.68. The van der Waals surface area contributed by atoms with Gasteiger partial charge in [0.25, 0.3) is 0 Å². The highest BCUT2D eigenvalue weighted by molar-refractivity contribution is 9.10. The van der Waals surface area contributed by atoms with Crippen molar-refractivity contribution in [3.05, 3.63) is 58.7 Å². The quantitative estimate of drug-likeness (QED) is 0.737. The van der Waals surface area contributed by atoms with Crippen LogP contribution in [0.4, 0.5) is 5.69 Å². The van der Waals surface area contributed by atoms with Crippen molar-refractivity contribution in [2.75, 3.05) is 5.73 Å². The lowest BCUT2D eigenvalue weighted by Crippen LogP contribution is -2.01. The Balaban J connectivity index is 1.97. The number of nitrogen functional groups attached to an aromatic ring is 1. The van der Waals surface area contributed by atoms with E-state index in [1.54, 1.807) is 0 Å². The summed E-state index contributed by atoms with van der Waals surface area (Å²) in [5.41, 5.74) is 8.86. The van der Waals surface area contributed by atoms with E-state index in [1.807, 2.05) is 41.2 Å². The highest BCUT2D eigenvalue weighted by Gasteiger charge is 2.03. The van der Waals surface area contributed by atoms with E-state index in [9.17, 15) is 0 Å². The predicted octanol–water partition coefficient (Wildman–Crippen LogP) is 3.43. The summed E-state index contributed by atoms with van der Waals surface area (Å²) < 4.78 is 3.07. The van der Waals surface area contributed by atoms with Crippen LogP contribution in [-0.4, -0.2) is 9.78 Å². The SMILES string of the molecule is Nc1ccc2c(cnn2Cc2ccc(Br)cc2)c1.